The van der Waals surface area contributed by atoms with Crippen LogP contribution in [0.1, 0.15) is 12.0 Å². The first-order chi connectivity index (χ1) is 13.9. The predicted molar refractivity (Wildman–Crippen MR) is 110 cm³/mol. The van der Waals surface area contributed by atoms with E-state index in [1.54, 1.807) is 6.07 Å². The molecule has 29 heavy (non-hydrogen) atoms. The molecule has 0 aliphatic heterocycles. The van der Waals surface area contributed by atoms with Crippen LogP contribution in [0.15, 0.2) is 59.1 Å². The van der Waals surface area contributed by atoms with Crippen molar-refractivity contribution in [3.63, 3.8) is 0 Å². The Kier molecular flexibility index (Phi) is 6.71. The molecule has 0 saturated heterocycles. The van der Waals surface area contributed by atoms with Crippen LogP contribution in [-0.4, -0.2) is 28.2 Å². The number of aromatic nitrogens is 2. The fraction of sp³-hybridized carbons (Fsp3) is 0.200. The van der Waals surface area contributed by atoms with E-state index >= 15 is 0 Å². The molecule has 3 N–H and O–H groups in total. The lowest BCUT2D eigenvalue weighted by Crippen LogP contribution is -2.09. The minimum Gasteiger partial charge on any atom is -0.396 e. The molecular weight excluding hydrogens is 449 g/mol. The molecule has 0 saturated carbocycles. The highest BCUT2D eigenvalue weighted by Gasteiger charge is 2.33. The normalized spacial score (nSPS) is 11.3. The van der Waals surface area contributed by atoms with Gasteiger partial charge in [-0.3, -0.25) is 0 Å². The number of hydrogen-bond acceptors (Lipinski definition) is 5. The number of benzene rings is 2. The summed E-state index contributed by atoms with van der Waals surface area (Å²) in [5.74, 6) is 0.663. The molecule has 0 aliphatic carbocycles. The average Bonchev–Trinajstić information content (AvgIpc) is 2.69. The minimum absolute atomic E-state index is 0.0234. The van der Waals surface area contributed by atoms with Crippen LogP contribution in [0.2, 0.25) is 0 Å². The zero-order valence-electron chi connectivity index (χ0n) is 15.2. The summed E-state index contributed by atoms with van der Waals surface area (Å²) in [6.45, 7) is 0.486. The van der Waals surface area contributed by atoms with Gasteiger partial charge in [-0.1, -0.05) is 46.3 Å². The van der Waals surface area contributed by atoms with E-state index in [1.807, 2.05) is 30.3 Å². The van der Waals surface area contributed by atoms with Crippen LogP contribution < -0.4 is 10.6 Å². The number of halogens is 4. The molecule has 0 spiro atoms. The standard InChI is InChI=1S/C20H18BrF3N4O/c21-16-8-7-14(11-15(16)20(22,23)24)26-18-12-17(13-5-2-1-3-6-13)27-19(28-18)25-9-4-10-29/h1-3,5-8,11-12,29H,4,9-10H2,(H2,25,26,27,28). The smallest absolute Gasteiger partial charge is 0.396 e. The number of hydrogen-bond donors (Lipinski definition) is 3. The van der Waals surface area contributed by atoms with Crippen LogP contribution in [0.5, 0.6) is 0 Å². The second kappa shape index (κ2) is 9.23. The number of nitrogens with one attached hydrogen (secondary N) is 2. The molecule has 2 aromatic carbocycles. The highest BCUT2D eigenvalue weighted by Crippen LogP contribution is 2.37. The molecular formula is C20H18BrF3N4O. The van der Waals surface area contributed by atoms with E-state index in [0.717, 1.165) is 11.6 Å². The topological polar surface area (TPSA) is 70.1 Å². The lowest BCUT2D eigenvalue weighted by molar-refractivity contribution is -0.138. The lowest BCUT2D eigenvalue weighted by Gasteiger charge is -2.14. The van der Waals surface area contributed by atoms with Crippen LogP contribution in [0.4, 0.5) is 30.6 Å². The first-order valence-corrected chi connectivity index (χ1v) is 9.59. The van der Waals surface area contributed by atoms with E-state index in [1.165, 1.54) is 12.1 Å². The number of anilines is 3. The summed E-state index contributed by atoms with van der Waals surface area (Å²) in [7, 11) is 0. The summed E-state index contributed by atoms with van der Waals surface area (Å²) in [6, 6.07) is 14.9. The Morgan fingerprint density at radius 2 is 1.76 bits per heavy atom. The van der Waals surface area contributed by atoms with E-state index < -0.39 is 11.7 Å². The van der Waals surface area contributed by atoms with E-state index in [0.29, 0.717) is 30.4 Å². The van der Waals surface area contributed by atoms with Crippen LogP contribution in [-0.2, 0) is 6.18 Å². The van der Waals surface area contributed by atoms with Gasteiger partial charge in [0.2, 0.25) is 5.95 Å². The van der Waals surface area contributed by atoms with Gasteiger partial charge in [0.25, 0.3) is 0 Å². The van der Waals surface area contributed by atoms with Gasteiger partial charge in [-0.05, 0) is 24.6 Å². The molecule has 9 heteroatoms. The third kappa shape index (κ3) is 5.68. The second-order valence-corrected chi connectivity index (χ2v) is 7.00. The van der Waals surface area contributed by atoms with Gasteiger partial charge < -0.3 is 15.7 Å². The largest absolute Gasteiger partial charge is 0.417 e. The predicted octanol–water partition coefficient (Wildman–Crippen LogP) is 5.46. The zero-order chi connectivity index (χ0) is 20.9. The molecule has 0 atom stereocenters. The van der Waals surface area contributed by atoms with E-state index in [-0.39, 0.29) is 16.8 Å². The van der Waals surface area contributed by atoms with E-state index in [2.05, 4.69) is 36.5 Å². The van der Waals surface area contributed by atoms with Crippen molar-refractivity contribution in [2.75, 3.05) is 23.8 Å². The summed E-state index contributed by atoms with van der Waals surface area (Å²) in [4.78, 5) is 8.79. The van der Waals surface area contributed by atoms with Gasteiger partial charge in [0.15, 0.2) is 0 Å². The molecule has 152 valence electrons. The van der Waals surface area contributed by atoms with Gasteiger partial charge in [-0.2, -0.15) is 18.2 Å². The van der Waals surface area contributed by atoms with Crippen molar-refractivity contribution in [1.29, 1.82) is 0 Å². The van der Waals surface area contributed by atoms with Crippen molar-refractivity contribution in [2.24, 2.45) is 0 Å². The number of aliphatic hydroxyl groups excluding tert-OH is 1. The molecule has 5 nitrogen and oxygen atoms in total. The first-order valence-electron chi connectivity index (χ1n) is 8.80. The Morgan fingerprint density at radius 1 is 1.00 bits per heavy atom. The summed E-state index contributed by atoms with van der Waals surface area (Å²) >= 11 is 2.94. The third-order valence-electron chi connectivity index (χ3n) is 3.96. The van der Waals surface area contributed by atoms with Crippen molar-refractivity contribution >= 4 is 33.4 Å². The summed E-state index contributed by atoms with van der Waals surface area (Å²) in [5.41, 5.74) is 0.929. The molecule has 0 unspecified atom stereocenters. The summed E-state index contributed by atoms with van der Waals surface area (Å²) in [6.07, 6.45) is -3.96. The van der Waals surface area contributed by atoms with Crippen molar-refractivity contribution in [3.8, 4) is 11.3 Å². The molecule has 3 rings (SSSR count). The van der Waals surface area contributed by atoms with Crippen molar-refractivity contribution < 1.29 is 18.3 Å². The molecule has 0 amide bonds. The Labute approximate surface area is 174 Å². The Hall–Kier alpha value is -2.65. The molecule has 3 aromatic rings. The van der Waals surface area contributed by atoms with Gasteiger partial charge in [-0.15, -0.1) is 0 Å². The monoisotopic (exact) mass is 466 g/mol. The average molecular weight is 467 g/mol. The highest BCUT2D eigenvalue weighted by molar-refractivity contribution is 9.10. The van der Waals surface area contributed by atoms with Gasteiger partial charge in [0, 0.05) is 34.9 Å². The van der Waals surface area contributed by atoms with E-state index in [9.17, 15) is 13.2 Å². The molecule has 1 aromatic heterocycles. The summed E-state index contributed by atoms with van der Waals surface area (Å²) < 4.78 is 39.5. The van der Waals surface area contributed by atoms with Gasteiger partial charge in [0.05, 0.1) is 11.3 Å². The van der Waals surface area contributed by atoms with Gasteiger partial charge in [-0.25, -0.2) is 4.98 Å². The lowest BCUT2D eigenvalue weighted by atomic mass is 10.1. The van der Waals surface area contributed by atoms with Crippen molar-refractivity contribution in [1.82, 2.24) is 9.97 Å². The van der Waals surface area contributed by atoms with Crippen LogP contribution in [0.25, 0.3) is 11.3 Å². The molecule has 0 bridgehead atoms. The molecule has 0 fully saturated rings. The van der Waals surface area contributed by atoms with Crippen LogP contribution >= 0.6 is 15.9 Å². The Bertz CT molecular complexity index is 968. The fourth-order valence-corrected chi connectivity index (χ4v) is 3.07. The zero-order valence-corrected chi connectivity index (χ0v) is 16.8. The molecule has 1 heterocycles. The number of rotatable bonds is 7. The van der Waals surface area contributed by atoms with E-state index in [4.69, 9.17) is 5.11 Å². The van der Waals surface area contributed by atoms with Crippen molar-refractivity contribution in [2.45, 2.75) is 12.6 Å². The van der Waals surface area contributed by atoms with Crippen LogP contribution in [0, 0.1) is 0 Å². The first kappa shape index (κ1) is 21.1. The van der Waals surface area contributed by atoms with Gasteiger partial charge >= 0.3 is 6.18 Å². The number of aliphatic hydroxyl groups is 1. The Morgan fingerprint density at radius 3 is 2.45 bits per heavy atom. The van der Waals surface area contributed by atoms with Crippen molar-refractivity contribution in [3.05, 3.63) is 64.6 Å². The quantitative estimate of drug-likeness (QED) is 0.403. The summed E-state index contributed by atoms with van der Waals surface area (Å²) in [5, 5.41) is 14.9. The maximum atomic E-state index is 13.2. The maximum Gasteiger partial charge on any atom is 0.417 e. The third-order valence-corrected chi connectivity index (χ3v) is 4.65. The SMILES string of the molecule is OCCCNc1nc(Nc2ccc(Br)c(C(F)(F)F)c2)cc(-c2ccccc2)n1. The Balaban J connectivity index is 1.95. The fourth-order valence-electron chi connectivity index (χ4n) is 2.59. The maximum absolute atomic E-state index is 13.2. The second-order valence-electron chi connectivity index (χ2n) is 6.15. The number of nitrogens with zero attached hydrogens (tertiary/aromatic N) is 2. The minimum atomic E-state index is -4.48. The van der Waals surface area contributed by atoms with Crippen LogP contribution in [0.3, 0.4) is 0 Å². The molecule has 0 radical (unpaired) electrons. The highest BCUT2D eigenvalue weighted by atomic mass is 79.9. The molecule has 0 aliphatic rings. The van der Waals surface area contributed by atoms with Gasteiger partial charge in [0.1, 0.15) is 5.82 Å². The number of alkyl halides is 3.